The Kier molecular flexibility index (Phi) is 4.92. The van der Waals surface area contributed by atoms with Gasteiger partial charge in [-0.1, -0.05) is 17.7 Å². The largest absolute Gasteiger partial charge is 0.300 e. The van der Waals surface area contributed by atoms with Crippen molar-refractivity contribution in [2.24, 2.45) is 0 Å². The van der Waals surface area contributed by atoms with Crippen LogP contribution in [0, 0.1) is 20.8 Å². The van der Waals surface area contributed by atoms with E-state index in [1.54, 1.807) is 0 Å². The highest BCUT2D eigenvalue weighted by molar-refractivity contribution is 7.97. The van der Waals surface area contributed by atoms with Gasteiger partial charge < -0.3 is 4.90 Å². The topological polar surface area (TPSA) is 6.48 Å². The van der Waals surface area contributed by atoms with Crippen LogP contribution in [0.1, 0.15) is 42.4 Å². The predicted molar refractivity (Wildman–Crippen MR) is 91.9 cm³/mol. The van der Waals surface area contributed by atoms with Crippen molar-refractivity contribution < 1.29 is 0 Å². The van der Waals surface area contributed by atoms with Gasteiger partial charge in [0, 0.05) is 24.0 Å². The molecule has 0 radical (unpaired) electrons. The van der Waals surface area contributed by atoms with Gasteiger partial charge in [-0.05, 0) is 82.6 Å². The fourth-order valence-corrected chi connectivity index (χ4v) is 4.90. The van der Waals surface area contributed by atoms with Crippen molar-refractivity contribution in [2.45, 2.75) is 57.4 Å². The van der Waals surface area contributed by atoms with Gasteiger partial charge in [0.05, 0.1) is 0 Å². The molecule has 2 aliphatic heterocycles. The van der Waals surface area contributed by atoms with Crippen LogP contribution in [0.2, 0.25) is 0 Å². The summed E-state index contributed by atoms with van der Waals surface area (Å²) >= 11 is 1.99. The number of likely N-dealkylation sites (tertiary alicyclic amines) is 1. The van der Waals surface area contributed by atoms with Crippen molar-refractivity contribution in [1.29, 1.82) is 0 Å². The van der Waals surface area contributed by atoms with Crippen LogP contribution in [0.25, 0.3) is 0 Å². The third kappa shape index (κ3) is 3.64. The van der Waals surface area contributed by atoms with E-state index in [1.807, 2.05) is 11.9 Å². The maximum Gasteiger partial charge on any atom is 0.0288 e. The normalized spacial score (nSPS) is 22.0. The molecule has 1 aromatic rings. The van der Waals surface area contributed by atoms with Crippen molar-refractivity contribution in [1.82, 2.24) is 9.21 Å². The molecule has 3 heteroatoms. The number of nitrogens with zero attached hydrogens (tertiary/aromatic N) is 2. The Morgan fingerprint density at radius 1 is 0.905 bits per heavy atom. The number of aryl methyl sites for hydroxylation is 3. The van der Waals surface area contributed by atoms with Gasteiger partial charge in [0.1, 0.15) is 0 Å². The summed E-state index contributed by atoms with van der Waals surface area (Å²) in [7, 11) is 0. The number of hydrogen-bond donors (Lipinski definition) is 0. The summed E-state index contributed by atoms with van der Waals surface area (Å²) in [5.74, 6) is 0. The first-order chi connectivity index (χ1) is 10.1. The summed E-state index contributed by atoms with van der Waals surface area (Å²) < 4.78 is 2.58. The van der Waals surface area contributed by atoms with Crippen LogP contribution >= 0.6 is 11.9 Å². The zero-order valence-corrected chi connectivity index (χ0v) is 14.5. The van der Waals surface area contributed by atoms with Gasteiger partial charge in [-0.2, -0.15) is 0 Å². The van der Waals surface area contributed by atoms with Crippen LogP contribution in [-0.4, -0.2) is 41.4 Å². The van der Waals surface area contributed by atoms with Gasteiger partial charge in [-0.15, -0.1) is 0 Å². The van der Waals surface area contributed by atoms with Crippen LogP contribution in [0.4, 0.5) is 0 Å². The van der Waals surface area contributed by atoms with Gasteiger partial charge >= 0.3 is 0 Å². The zero-order valence-electron chi connectivity index (χ0n) is 13.7. The molecule has 0 atom stereocenters. The van der Waals surface area contributed by atoms with E-state index in [9.17, 15) is 0 Å². The Hall–Kier alpha value is -0.510. The number of rotatable bonds is 3. The molecule has 0 spiro atoms. The first-order valence-corrected chi connectivity index (χ1v) is 9.15. The lowest BCUT2D eigenvalue weighted by atomic mass is 10.1. The molecule has 0 aromatic heterocycles. The first-order valence-electron chi connectivity index (χ1n) is 8.38. The second-order valence-electron chi connectivity index (χ2n) is 6.72. The third-order valence-corrected chi connectivity index (χ3v) is 6.36. The van der Waals surface area contributed by atoms with Crippen LogP contribution in [-0.2, 0) is 0 Å². The molecule has 3 rings (SSSR count). The lowest BCUT2D eigenvalue weighted by Gasteiger charge is -2.36. The minimum Gasteiger partial charge on any atom is -0.300 e. The summed E-state index contributed by atoms with van der Waals surface area (Å²) in [4.78, 5) is 4.20. The Bertz CT molecular complexity index is 463. The highest BCUT2D eigenvalue weighted by atomic mass is 32.2. The van der Waals surface area contributed by atoms with Crippen LogP contribution in [0.3, 0.4) is 0 Å². The van der Waals surface area contributed by atoms with Gasteiger partial charge in [0.2, 0.25) is 0 Å². The molecule has 0 amide bonds. The van der Waals surface area contributed by atoms with E-state index >= 15 is 0 Å². The Morgan fingerprint density at radius 2 is 1.48 bits per heavy atom. The molecule has 2 aliphatic rings. The monoisotopic (exact) mass is 304 g/mol. The van der Waals surface area contributed by atoms with E-state index in [2.05, 4.69) is 42.1 Å². The molecule has 116 valence electrons. The smallest absolute Gasteiger partial charge is 0.0288 e. The van der Waals surface area contributed by atoms with Gasteiger partial charge in [0.25, 0.3) is 0 Å². The summed E-state index contributed by atoms with van der Waals surface area (Å²) in [6.45, 7) is 11.8. The molecule has 0 bridgehead atoms. The molecule has 0 saturated carbocycles. The van der Waals surface area contributed by atoms with Crippen LogP contribution < -0.4 is 0 Å². The van der Waals surface area contributed by atoms with E-state index in [4.69, 9.17) is 0 Å². The SMILES string of the molecule is Cc1cc(C)c(SN2CCC(N3CCCC3)CC2)c(C)c1. The highest BCUT2D eigenvalue weighted by Crippen LogP contribution is 2.33. The van der Waals surface area contributed by atoms with Crippen LogP contribution in [0.15, 0.2) is 17.0 Å². The van der Waals surface area contributed by atoms with Crippen molar-refractivity contribution in [3.8, 4) is 0 Å². The van der Waals surface area contributed by atoms with Gasteiger partial charge in [-0.25, -0.2) is 4.31 Å². The van der Waals surface area contributed by atoms with Crippen LogP contribution in [0.5, 0.6) is 0 Å². The number of piperidine rings is 1. The quantitative estimate of drug-likeness (QED) is 0.774. The molecule has 1 aromatic carbocycles. The molecule has 0 unspecified atom stereocenters. The van der Waals surface area contributed by atoms with E-state index in [-0.39, 0.29) is 0 Å². The minimum absolute atomic E-state index is 0.851. The molecule has 2 saturated heterocycles. The van der Waals surface area contributed by atoms with Gasteiger partial charge in [-0.3, -0.25) is 0 Å². The first kappa shape index (κ1) is 15.4. The minimum atomic E-state index is 0.851. The average Bonchev–Trinajstić information content (AvgIpc) is 2.97. The van der Waals surface area contributed by atoms with Crippen molar-refractivity contribution in [2.75, 3.05) is 26.2 Å². The fraction of sp³-hybridized carbons (Fsp3) is 0.667. The third-order valence-electron chi connectivity index (χ3n) is 4.91. The summed E-state index contributed by atoms with van der Waals surface area (Å²) in [5.41, 5.74) is 4.24. The highest BCUT2D eigenvalue weighted by Gasteiger charge is 2.27. The molecular weight excluding hydrogens is 276 g/mol. The lowest BCUT2D eigenvalue weighted by Crippen LogP contribution is -2.41. The standard InChI is InChI=1S/C18H28N2S/c1-14-12-15(2)18(16(3)13-14)21-20-10-6-17(7-11-20)19-8-4-5-9-19/h12-13,17H,4-11H2,1-3H3. The second kappa shape index (κ2) is 6.72. The van der Waals surface area contributed by atoms with Crippen molar-refractivity contribution in [3.05, 3.63) is 28.8 Å². The Balaban J connectivity index is 1.58. The zero-order chi connectivity index (χ0) is 14.8. The molecule has 0 aliphatic carbocycles. The Labute approximate surface area is 134 Å². The van der Waals surface area contributed by atoms with E-state index in [0.717, 1.165) is 6.04 Å². The molecule has 2 fully saturated rings. The molecule has 21 heavy (non-hydrogen) atoms. The van der Waals surface area contributed by atoms with Crippen molar-refractivity contribution in [3.63, 3.8) is 0 Å². The van der Waals surface area contributed by atoms with E-state index < -0.39 is 0 Å². The predicted octanol–water partition coefficient (Wildman–Crippen LogP) is 4.18. The maximum absolute atomic E-state index is 2.73. The number of benzene rings is 1. The fourth-order valence-electron chi connectivity index (χ4n) is 3.85. The second-order valence-corrected chi connectivity index (χ2v) is 7.83. The van der Waals surface area contributed by atoms with Gasteiger partial charge in [0.15, 0.2) is 0 Å². The molecular formula is C18H28N2S. The Morgan fingerprint density at radius 3 is 2.05 bits per heavy atom. The van der Waals surface area contributed by atoms with Crippen molar-refractivity contribution >= 4 is 11.9 Å². The molecule has 2 heterocycles. The average molecular weight is 305 g/mol. The summed E-state index contributed by atoms with van der Waals surface area (Å²) in [6, 6.07) is 5.48. The lowest BCUT2D eigenvalue weighted by molar-refractivity contribution is 0.172. The number of hydrogen-bond acceptors (Lipinski definition) is 3. The van der Waals surface area contributed by atoms with E-state index in [0.29, 0.717) is 0 Å². The van der Waals surface area contributed by atoms with E-state index in [1.165, 1.54) is 73.4 Å². The summed E-state index contributed by atoms with van der Waals surface area (Å²) in [6.07, 6.45) is 5.52. The maximum atomic E-state index is 2.73. The summed E-state index contributed by atoms with van der Waals surface area (Å²) in [5, 5.41) is 0. The molecule has 0 N–H and O–H groups in total. The molecule has 2 nitrogen and oxygen atoms in total.